The van der Waals surface area contributed by atoms with Crippen molar-refractivity contribution < 1.29 is 8.78 Å². The first kappa shape index (κ1) is 10.9. The molecule has 0 aromatic rings. The predicted molar refractivity (Wildman–Crippen MR) is 49.2 cm³/mol. The minimum absolute atomic E-state index is 0.0833. The minimum atomic E-state index is -2.57. The number of rotatable bonds is 5. The maximum atomic E-state index is 13.2. The summed E-state index contributed by atoms with van der Waals surface area (Å²) >= 11 is 0. The Balaban J connectivity index is 2.23. The van der Waals surface area contributed by atoms with Gasteiger partial charge in [-0.1, -0.05) is 6.92 Å². The number of likely N-dealkylation sites (tertiary alicyclic amines) is 1. The lowest BCUT2D eigenvalue weighted by Gasteiger charge is -2.23. The van der Waals surface area contributed by atoms with Crippen LogP contribution in [0.2, 0.25) is 0 Å². The Labute approximate surface area is 78.3 Å². The summed E-state index contributed by atoms with van der Waals surface area (Å²) in [5.41, 5.74) is 0. The molecule has 1 rings (SSSR count). The van der Waals surface area contributed by atoms with E-state index < -0.39 is 5.92 Å². The summed E-state index contributed by atoms with van der Waals surface area (Å²) in [5, 5.41) is 2.69. The van der Waals surface area contributed by atoms with Gasteiger partial charge in [-0.2, -0.15) is 0 Å². The van der Waals surface area contributed by atoms with E-state index in [1.165, 1.54) is 0 Å². The zero-order valence-corrected chi connectivity index (χ0v) is 8.15. The van der Waals surface area contributed by atoms with Crippen molar-refractivity contribution in [3.63, 3.8) is 0 Å². The van der Waals surface area contributed by atoms with Gasteiger partial charge in [0, 0.05) is 0 Å². The topological polar surface area (TPSA) is 15.3 Å². The molecule has 0 unspecified atom stereocenters. The van der Waals surface area contributed by atoms with Crippen LogP contribution in [-0.2, 0) is 0 Å². The Morgan fingerprint density at radius 2 is 1.92 bits per heavy atom. The fourth-order valence-electron chi connectivity index (χ4n) is 1.63. The zero-order valence-electron chi connectivity index (χ0n) is 8.15. The third-order valence-electron chi connectivity index (χ3n) is 2.29. The van der Waals surface area contributed by atoms with Crippen LogP contribution >= 0.6 is 0 Å². The molecule has 0 atom stereocenters. The normalized spacial score (nSPS) is 19.6. The van der Waals surface area contributed by atoms with Crippen molar-refractivity contribution in [3.8, 4) is 0 Å². The van der Waals surface area contributed by atoms with Gasteiger partial charge in [-0.25, -0.2) is 8.78 Å². The minimum Gasteiger partial charge on any atom is -0.311 e. The van der Waals surface area contributed by atoms with Gasteiger partial charge >= 0.3 is 0 Å². The van der Waals surface area contributed by atoms with Crippen molar-refractivity contribution in [2.24, 2.45) is 0 Å². The van der Waals surface area contributed by atoms with Gasteiger partial charge < -0.3 is 5.32 Å². The van der Waals surface area contributed by atoms with Crippen LogP contribution in [0.5, 0.6) is 0 Å². The van der Waals surface area contributed by atoms with E-state index in [4.69, 9.17) is 0 Å². The summed E-state index contributed by atoms with van der Waals surface area (Å²) in [6, 6.07) is 0. The SMILES string of the molecule is CCNCC(F)(F)CN1CCCC1. The van der Waals surface area contributed by atoms with Gasteiger partial charge in [0.05, 0.1) is 13.1 Å². The molecular formula is C9H18F2N2. The van der Waals surface area contributed by atoms with Gasteiger partial charge in [-0.15, -0.1) is 0 Å². The first-order chi connectivity index (χ1) is 6.14. The van der Waals surface area contributed by atoms with Gasteiger partial charge in [-0.3, -0.25) is 4.90 Å². The van der Waals surface area contributed by atoms with Crippen molar-refractivity contribution in [3.05, 3.63) is 0 Å². The van der Waals surface area contributed by atoms with E-state index in [9.17, 15) is 8.78 Å². The second-order valence-corrected chi connectivity index (χ2v) is 3.62. The number of nitrogens with one attached hydrogen (secondary N) is 1. The van der Waals surface area contributed by atoms with Crippen LogP contribution in [0.25, 0.3) is 0 Å². The Morgan fingerprint density at radius 1 is 1.31 bits per heavy atom. The van der Waals surface area contributed by atoms with E-state index in [1.807, 2.05) is 11.8 Å². The Hall–Kier alpha value is -0.220. The lowest BCUT2D eigenvalue weighted by Crippen LogP contribution is -2.42. The first-order valence-corrected chi connectivity index (χ1v) is 4.95. The quantitative estimate of drug-likeness (QED) is 0.707. The molecule has 0 radical (unpaired) electrons. The Bertz CT molecular complexity index is 145. The molecule has 1 aliphatic heterocycles. The molecule has 0 aliphatic carbocycles. The summed E-state index contributed by atoms with van der Waals surface area (Å²) in [6.45, 7) is 3.84. The highest BCUT2D eigenvalue weighted by molar-refractivity contribution is 4.77. The number of hydrogen-bond donors (Lipinski definition) is 1. The molecule has 1 N–H and O–H groups in total. The maximum Gasteiger partial charge on any atom is 0.272 e. The fourth-order valence-corrected chi connectivity index (χ4v) is 1.63. The van der Waals surface area contributed by atoms with E-state index in [1.54, 1.807) is 0 Å². The van der Waals surface area contributed by atoms with Crippen LogP contribution in [0.3, 0.4) is 0 Å². The molecule has 0 spiro atoms. The van der Waals surface area contributed by atoms with E-state index in [0.29, 0.717) is 6.54 Å². The van der Waals surface area contributed by atoms with E-state index >= 15 is 0 Å². The molecule has 0 bridgehead atoms. The monoisotopic (exact) mass is 192 g/mol. The third-order valence-corrected chi connectivity index (χ3v) is 2.29. The molecule has 78 valence electrons. The largest absolute Gasteiger partial charge is 0.311 e. The number of alkyl halides is 2. The average Bonchev–Trinajstić information content (AvgIpc) is 2.52. The second-order valence-electron chi connectivity index (χ2n) is 3.62. The molecule has 0 aromatic carbocycles. The highest BCUT2D eigenvalue weighted by Crippen LogP contribution is 2.17. The molecule has 2 nitrogen and oxygen atoms in total. The van der Waals surface area contributed by atoms with Crippen LogP contribution in [0.4, 0.5) is 8.78 Å². The summed E-state index contributed by atoms with van der Waals surface area (Å²) in [4.78, 5) is 1.84. The van der Waals surface area contributed by atoms with Gasteiger partial charge in [0.2, 0.25) is 0 Å². The molecule has 1 aliphatic rings. The Kier molecular flexibility index (Phi) is 4.06. The van der Waals surface area contributed by atoms with Crippen LogP contribution in [0, 0.1) is 0 Å². The predicted octanol–water partition coefficient (Wildman–Crippen LogP) is 1.33. The lowest BCUT2D eigenvalue weighted by molar-refractivity contribution is -0.0250. The van der Waals surface area contributed by atoms with Crippen molar-refractivity contribution in [1.29, 1.82) is 0 Å². The van der Waals surface area contributed by atoms with Crippen molar-refractivity contribution in [2.75, 3.05) is 32.7 Å². The van der Waals surface area contributed by atoms with E-state index in [0.717, 1.165) is 25.9 Å². The smallest absolute Gasteiger partial charge is 0.272 e. The van der Waals surface area contributed by atoms with E-state index in [2.05, 4.69) is 5.32 Å². The van der Waals surface area contributed by atoms with Gasteiger partial charge in [0.25, 0.3) is 5.92 Å². The molecule has 1 fully saturated rings. The molecule has 13 heavy (non-hydrogen) atoms. The Morgan fingerprint density at radius 3 is 2.46 bits per heavy atom. The summed E-state index contributed by atoms with van der Waals surface area (Å²) in [6.07, 6.45) is 2.13. The summed E-state index contributed by atoms with van der Waals surface area (Å²) < 4.78 is 26.3. The number of hydrogen-bond acceptors (Lipinski definition) is 2. The number of halogens is 2. The highest BCUT2D eigenvalue weighted by atomic mass is 19.3. The van der Waals surface area contributed by atoms with Gasteiger partial charge in [0.1, 0.15) is 0 Å². The summed E-state index contributed by atoms with van der Waals surface area (Å²) in [7, 11) is 0. The lowest BCUT2D eigenvalue weighted by atomic mass is 10.3. The van der Waals surface area contributed by atoms with Crippen LogP contribution in [-0.4, -0.2) is 43.5 Å². The van der Waals surface area contributed by atoms with Crippen LogP contribution in [0.1, 0.15) is 19.8 Å². The average molecular weight is 192 g/mol. The van der Waals surface area contributed by atoms with Crippen molar-refractivity contribution in [1.82, 2.24) is 10.2 Å². The molecule has 0 saturated carbocycles. The maximum absolute atomic E-state index is 13.2. The summed E-state index contributed by atoms with van der Waals surface area (Å²) in [5.74, 6) is -2.57. The molecule has 1 saturated heterocycles. The third kappa shape index (κ3) is 4.00. The highest BCUT2D eigenvalue weighted by Gasteiger charge is 2.31. The van der Waals surface area contributed by atoms with Crippen molar-refractivity contribution >= 4 is 0 Å². The standard InChI is InChI=1S/C9H18F2N2/c1-2-12-7-9(10,11)8-13-5-3-4-6-13/h12H,2-8H2,1H3. The molecule has 0 amide bonds. The first-order valence-electron chi connectivity index (χ1n) is 4.95. The van der Waals surface area contributed by atoms with Gasteiger partial charge in [-0.05, 0) is 32.5 Å². The van der Waals surface area contributed by atoms with E-state index in [-0.39, 0.29) is 13.1 Å². The second kappa shape index (κ2) is 4.86. The van der Waals surface area contributed by atoms with Gasteiger partial charge in [0.15, 0.2) is 0 Å². The molecule has 1 heterocycles. The zero-order chi connectivity index (χ0) is 9.73. The van der Waals surface area contributed by atoms with Crippen molar-refractivity contribution in [2.45, 2.75) is 25.7 Å². The molecule has 0 aromatic heterocycles. The van der Waals surface area contributed by atoms with Crippen LogP contribution < -0.4 is 5.32 Å². The fraction of sp³-hybridized carbons (Fsp3) is 1.00. The number of nitrogens with zero attached hydrogens (tertiary/aromatic N) is 1. The molecule has 4 heteroatoms. The molecular weight excluding hydrogens is 174 g/mol. The van der Waals surface area contributed by atoms with Crippen LogP contribution in [0.15, 0.2) is 0 Å².